The molecule has 0 aliphatic rings. The monoisotopic (exact) mass is 290 g/mol. The van der Waals surface area contributed by atoms with Gasteiger partial charge in [-0.3, -0.25) is 0 Å². The highest BCUT2D eigenvalue weighted by molar-refractivity contribution is 7.26. The van der Waals surface area contributed by atoms with Crippen LogP contribution in [0.1, 0.15) is 11.1 Å². The summed E-state index contributed by atoms with van der Waals surface area (Å²) in [6, 6.07) is 17.0. The van der Waals surface area contributed by atoms with Crippen molar-refractivity contribution < 1.29 is 4.79 Å². The van der Waals surface area contributed by atoms with Crippen molar-refractivity contribution in [2.45, 2.75) is 13.3 Å². The van der Waals surface area contributed by atoms with Crippen LogP contribution in [0.4, 0.5) is 0 Å². The Morgan fingerprint density at radius 1 is 1.05 bits per heavy atom. The Bertz CT molecular complexity index is 995. The number of benzene rings is 3. The second-order valence-corrected chi connectivity index (χ2v) is 6.43. The van der Waals surface area contributed by atoms with Gasteiger partial charge in [0.1, 0.15) is 6.29 Å². The van der Waals surface area contributed by atoms with E-state index in [9.17, 15) is 4.79 Å². The third-order valence-corrected chi connectivity index (χ3v) is 5.27. The molecule has 0 aliphatic heterocycles. The number of carbonyl (C=O) groups excluding carboxylic acids is 1. The summed E-state index contributed by atoms with van der Waals surface area (Å²) >= 11 is 1.83. The number of aryl methyl sites for hydroxylation is 1. The third kappa shape index (κ3) is 1.79. The predicted octanol–water partition coefficient (Wildman–Crippen LogP) is 5.26. The van der Waals surface area contributed by atoms with Gasteiger partial charge in [-0.05, 0) is 35.6 Å². The zero-order valence-corrected chi connectivity index (χ0v) is 12.5. The van der Waals surface area contributed by atoms with E-state index in [0.717, 1.165) is 11.8 Å². The molecule has 0 saturated heterocycles. The predicted molar refractivity (Wildman–Crippen MR) is 91.3 cm³/mol. The molecule has 0 atom stereocenters. The topological polar surface area (TPSA) is 17.1 Å². The molecular formula is C19H14OS. The summed E-state index contributed by atoms with van der Waals surface area (Å²) in [4.78, 5) is 11.1. The van der Waals surface area contributed by atoms with Crippen molar-refractivity contribution in [3.8, 4) is 0 Å². The molecule has 0 spiro atoms. The second-order valence-electron chi connectivity index (χ2n) is 5.38. The molecule has 4 aromatic rings. The smallest absolute Gasteiger partial charge is 0.124 e. The third-order valence-electron chi connectivity index (χ3n) is 4.08. The summed E-state index contributed by atoms with van der Waals surface area (Å²) in [5.41, 5.74) is 2.43. The van der Waals surface area contributed by atoms with Crippen LogP contribution in [0, 0.1) is 6.92 Å². The lowest BCUT2D eigenvalue weighted by atomic mass is 9.97. The number of hydrogen-bond acceptors (Lipinski definition) is 2. The van der Waals surface area contributed by atoms with Gasteiger partial charge in [-0.25, -0.2) is 0 Å². The van der Waals surface area contributed by atoms with Crippen molar-refractivity contribution >= 4 is 48.6 Å². The van der Waals surface area contributed by atoms with Gasteiger partial charge in [-0.15, -0.1) is 11.3 Å². The number of carbonyl (C=O) groups is 1. The van der Waals surface area contributed by atoms with E-state index in [2.05, 4.69) is 55.5 Å². The molecule has 1 nitrogen and oxygen atoms in total. The summed E-state index contributed by atoms with van der Waals surface area (Å²) < 4.78 is 2.60. The molecule has 1 heterocycles. The molecule has 0 saturated carbocycles. The quantitative estimate of drug-likeness (QED) is 0.460. The Morgan fingerprint density at radius 3 is 2.76 bits per heavy atom. The first kappa shape index (κ1) is 12.5. The van der Waals surface area contributed by atoms with Gasteiger partial charge in [0, 0.05) is 32.0 Å². The minimum absolute atomic E-state index is 0.473. The Labute approximate surface area is 126 Å². The largest absolute Gasteiger partial charge is 0.303 e. The van der Waals surface area contributed by atoms with Gasteiger partial charge in [0.05, 0.1) is 0 Å². The van der Waals surface area contributed by atoms with Crippen LogP contribution in [-0.2, 0) is 11.2 Å². The van der Waals surface area contributed by atoms with E-state index in [1.165, 1.54) is 36.5 Å². The van der Waals surface area contributed by atoms with Crippen LogP contribution < -0.4 is 0 Å². The average Bonchev–Trinajstić information content (AvgIpc) is 2.87. The van der Waals surface area contributed by atoms with Gasteiger partial charge in [-0.1, -0.05) is 36.4 Å². The standard InChI is InChI=1S/C19H14OS/c1-12-5-4-6-13-11-14(9-10-20)18-15-7-2-3-8-16(15)21-19(18)17(12)13/h2-8,10-11H,9H2,1H3. The molecule has 0 aliphatic carbocycles. The SMILES string of the molecule is Cc1cccc2cc(CC=O)c3c4ccccc4sc3c12. The zero-order valence-electron chi connectivity index (χ0n) is 11.7. The molecular weight excluding hydrogens is 276 g/mol. The Kier molecular flexibility index (Phi) is 2.79. The number of aldehydes is 1. The van der Waals surface area contributed by atoms with Crippen LogP contribution in [0.2, 0.25) is 0 Å². The molecule has 21 heavy (non-hydrogen) atoms. The first-order valence-electron chi connectivity index (χ1n) is 7.05. The van der Waals surface area contributed by atoms with Crippen LogP contribution in [0.3, 0.4) is 0 Å². The van der Waals surface area contributed by atoms with Crippen LogP contribution >= 0.6 is 11.3 Å². The van der Waals surface area contributed by atoms with Gasteiger partial charge in [-0.2, -0.15) is 0 Å². The minimum atomic E-state index is 0.473. The van der Waals surface area contributed by atoms with Gasteiger partial charge in [0.25, 0.3) is 0 Å². The highest BCUT2D eigenvalue weighted by atomic mass is 32.1. The summed E-state index contributed by atoms with van der Waals surface area (Å²) in [7, 11) is 0. The van der Waals surface area contributed by atoms with Crippen LogP contribution in [0.5, 0.6) is 0 Å². The average molecular weight is 290 g/mol. The fourth-order valence-corrected chi connectivity index (χ4v) is 4.54. The van der Waals surface area contributed by atoms with E-state index in [-0.39, 0.29) is 0 Å². The lowest BCUT2D eigenvalue weighted by Crippen LogP contribution is -1.89. The first-order valence-corrected chi connectivity index (χ1v) is 7.87. The minimum Gasteiger partial charge on any atom is -0.303 e. The van der Waals surface area contributed by atoms with Crippen molar-refractivity contribution in [3.63, 3.8) is 0 Å². The fraction of sp³-hybridized carbons (Fsp3) is 0.105. The maximum Gasteiger partial charge on any atom is 0.124 e. The Balaban J connectivity index is 2.32. The second kappa shape index (κ2) is 4.68. The number of hydrogen-bond donors (Lipinski definition) is 0. The van der Waals surface area contributed by atoms with Crippen LogP contribution in [0.15, 0.2) is 48.5 Å². The molecule has 0 fully saturated rings. The van der Waals surface area contributed by atoms with Crippen molar-refractivity contribution in [2.75, 3.05) is 0 Å². The molecule has 1 aromatic heterocycles. The summed E-state index contributed by atoms with van der Waals surface area (Å²) in [6.45, 7) is 2.16. The Morgan fingerprint density at radius 2 is 1.90 bits per heavy atom. The van der Waals surface area contributed by atoms with E-state index in [1.54, 1.807) is 0 Å². The van der Waals surface area contributed by atoms with Crippen molar-refractivity contribution in [2.24, 2.45) is 0 Å². The lowest BCUT2D eigenvalue weighted by molar-refractivity contribution is -0.107. The van der Waals surface area contributed by atoms with Crippen molar-refractivity contribution in [1.82, 2.24) is 0 Å². The fourth-order valence-electron chi connectivity index (χ4n) is 3.17. The number of fused-ring (bicyclic) bond motifs is 5. The van der Waals surface area contributed by atoms with E-state index in [1.807, 2.05) is 11.3 Å². The Hall–Kier alpha value is -2.19. The molecule has 3 aromatic carbocycles. The molecule has 4 rings (SSSR count). The highest BCUT2D eigenvalue weighted by Gasteiger charge is 2.13. The maximum atomic E-state index is 11.1. The van der Waals surface area contributed by atoms with Gasteiger partial charge in [0.2, 0.25) is 0 Å². The first-order chi connectivity index (χ1) is 10.3. The lowest BCUT2D eigenvalue weighted by Gasteiger charge is -2.07. The molecule has 0 radical (unpaired) electrons. The van der Waals surface area contributed by atoms with E-state index in [0.29, 0.717) is 6.42 Å². The number of thiophene rings is 1. The zero-order chi connectivity index (χ0) is 14.4. The molecule has 0 N–H and O–H groups in total. The maximum absolute atomic E-state index is 11.1. The van der Waals surface area contributed by atoms with E-state index in [4.69, 9.17) is 0 Å². The highest BCUT2D eigenvalue weighted by Crippen LogP contribution is 2.41. The summed E-state index contributed by atoms with van der Waals surface area (Å²) in [5.74, 6) is 0. The van der Waals surface area contributed by atoms with Crippen LogP contribution in [-0.4, -0.2) is 6.29 Å². The molecule has 0 amide bonds. The van der Waals surface area contributed by atoms with E-state index < -0.39 is 0 Å². The summed E-state index contributed by atoms with van der Waals surface area (Å²) in [5, 5.41) is 5.07. The molecule has 102 valence electrons. The van der Waals surface area contributed by atoms with Crippen molar-refractivity contribution in [1.29, 1.82) is 0 Å². The van der Waals surface area contributed by atoms with Crippen LogP contribution in [0.25, 0.3) is 30.9 Å². The molecule has 0 unspecified atom stereocenters. The number of rotatable bonds is 2. The van der Waals surface area contributed by atoms with Gasteiger partial charge >= 0.3 is 0 Å². The van der Waals surface area contributed by atoms with Gasteiger partial charge in [0.15, 0.2) is 0 Å². The van der Waals surface area contributed by atoms with Gasteiger partial charge < -0.3 is 4.79 Å². The normalized spacial score (nSPS) is 11.5. The van der Waals surface area contributed by atoms with Crippen molar-refractivity contribution in [3.05, 3.63) is 59.7 Å². The summed E-state index contributed by atoms with van der Waals surface area (Å²) in [6.07, 6.45) is 1.48. The molecule has 2 heteroatoms. The van der Waals surface area contributed by atoms with E-state index >= 15 is 0 Å². The molecule has 0 bridgehead atoms.